The predicted molar refractivity (Wildman–Crippen MR) is 118 cm³/mol. The van der Waals surface area contributed by atoms with Gasteiger partial charge in [0.05, 0.1) is 14.2 Å². The Morgan fingerprint density at radius 1 is 0.706 bits per heavy atom. The van der Waals surface area contributed by atoms with Crippen molar-refractivity contribution in [3.8, 4) is 23.0 Å². The van der Waals surface area contributed by atoms with E-state index in [9.17, 15) is 20.4 Å². The van der Waals surface area contributed by atoms with E-state index in [0.717, 1.165) is 0 Å². The fourth-order valence-corrected chi connectivity index (χ4v) is 2.65. The number of nitrogens with zero attached hydrogens (tertiary/aromatic N) is 2. The maximum absolute atomic E-state index is 11.7. The van der Waals surface area contributed by atoms with Crippen LogP contribution in [0, 0.1) is 0 Å². The number of aliphatic imine (C=N–C) groups is 2. The van der Waals surface area contributed by atoms with Gasteiger partial charge in [-0.3, -0.25) is 9.98 Å². The van der Waals surface area contributed by atoms with Gasteiger partial charge in [0.2, 0.25) is 0 Å². The summed E-state index contributed by atoms with van der Waals surface area (Å²) in [4.78, 5) is 8.35. The third kappa shape index (κ3) is 11.9. The molecule has 0 N–H and O–H groups in total. The smallest absolute Gasteiger partial charge is 0.872 e. The molecule has 2 aromatic rings. The SMILES string of the molecule is COc1ccc(C(C)=NCCC[O-])c([O-])c1.COc1ccc(C(C)=NCCC[O-])c([O-])c1.[Cu+2].[Cu+2]. The van der Waals surface area contributed by atoms with E-state index in [0.29, 0.717) is 60.0 Å². The molecule has 8 nitrogen and oxygen atoms in total. The fraction of sp³-hybridized carbons (Fsp3) is 0.417. The van der Waals surface area contributed by atoms with Crippen LogP contribution in [0.3, 0.4) is 0 Å². The van der Waals surface area contributed by atoms with Crippen LogP contribution in [-0.2, 0) is 34.1 Å². The van der Waals surface area contributed by atoms with E-state index in [1.807, 2.05) is 0 Å². The molecule has 0 unspecified atom stereocenters. The van der Waals surface area contributed by atoms with Gasteiger partial charge in [-0.05, 0) is 62.1 Å². The van der Waals surface area contributed by atoms with Gasteiger partial charge in [0, 0.05) is 24.5 Å². The van der Waals surface area contributed by atoms with E-state index in [1.165, 1.54) is 26.4 Å². The molecule has 0 aliphatic carbocycles. The van der Waals surface area contributed by atoms with Gasteiger partial charge in [-0.1, -0.05) is 23.6 Å². The molecule has 0 aliphatic heterocycles. The summed E-state index contributed by atoms with van der Waals surface area (Å²) in [5.74, 6) is 0.868. The molecule has 0 amide bonds. The zero-order valence-corrected chi connectivity index (χ0v) is 21.5. The summed E-state index contributed by atoms with van der Waals surface area (Å²) >= 11 is 0. The first-order chi connectivity index (χ1) is 15.4. The minimum Gasteiger partial charge on any atom is -0.872 e. The molecule has 0 aromatic heterocycles. The molecule has 0 heterocycles. The van der Waals surface area contributed by atoms with Crippen molar-refractivity contribution in [2.45, 2.75) is 26.7 Å². The molecule has 2 rings (SSSR count). The summed E-state index contributed by atoms with van der Waals surface area (Å²) in [6, 6.07) is 9.70. The van der Waals surface area contributed by atoms with Gasteiger partial charge in [-0.2, -0.15) is 0 Å². The third-order valence-corrected chi connectivity index (χ3v) is 4.46. The first-order valence-corrected chi connectivity index (χ1v) is 10.3. The molecule has 34 heavy (non-hydrogen) atoms. The van der Waals surface area contributed by atoms with E-state index >= 15 is 0 Å². The Kier molecular flexibility index (Phi) is 19.3. The average Bonchev–Trinajstić information content (AvgIpc) is 2.79. The number of rotatable bonds is 10. The molecule has 0 saturated heterocycles. The van der Waals surface area contributed by atoms with E-state index in [2.05, 4.69) is 9.98 Å². The van der Waals surface area contributed by atoms with Gasteiger partial charge in [-0.15, -0.1) is 13.2 Å². The van der Waals surface area contributed by atoms with E-state index in [4.69, 9.17) is 9.47 Å². The minimum atomic E-state index is -0.135. The summed E-state index contributed by atoms with van der Waals surface area (Å²) in [5.41, 5.74) is 2.46. The van der Waals surface area contributed by atoms with Crippen LogP contribution < -0.4 is 29.9 Å². The molecule has 0 aliphatic rings. The monoisotopic (exact) mass is 568 g/mol. The Hall–Kier alpha value is -2.06. The molecule has 0 spiro atoms. The van der Waals surface area contributed by atoms with Gasteiger partial charge >= 0.3 is 34.1 Å². The van der Waals surface area contributed by atoms with Crippen LogP contribution in [0.25, 0.3) is 0 Å². The largest absolute Gasteiger partial charge is 2.00 e. The van der Waals surface area contributed by atoms with Crippen LogP contribution in [0.4, 0.5) is 0 Å². The van der Waals surface area contributed by atoms with Crippen LogP contribution in [0.15, 0.2) is 46.4 Å². The molecule has 194 valence electrons. The Balaban J connectivity index is 0. The van der Waals surface area contributed by atoms with Crippen LogP contribution in [0.2, 0.25) is 0 Å². The second-order valence-corrected chi connectivity index (χ2v) is 6.77. The second kappa shape index (κ2) is 19.3. The Morgan fingerprint density at radius 3 is 1.32 bits per heavy atom. The molecule has 2 aromatic carbocycles. The van der Waals surface area contributed by atoms with Crippen molar-refractivity contribution < 1.29 is 64.0 Å². The summed E-state index contributed by atoms with van der Waals surface area (Å²) in [6.07, 6.45) is 1.00. The first kappa shape index (κ1) is 34.1. The topological polar surface area (TPSA) is 135 Å². The van der Waals surface area contributed by atoms with Gasteiger partial charge in [0.1, 0.15) is 11.5 Å². The van der Waals surface area contributed by atoms with Crippen molar-refractivity contribution in [1.82, 2.24) is 0 Å². The average molecular weight is 570 g/mol. The first-order valence-electron chi connectivity index (χ1n) is 10.3. The third-order valence-electron chi connectivity index (χ3n) is 4.46. The van der Waals surface area contributed by atoms with Gasteiger partial charge in [0.25, 0.3) is 0 Å². The Bertz CT molecular complexity index is 834. The summed E-state index contributed by atoms with van der Waals surface area (Å²) in [7, 11) is 3.04. The van der Waals surface area contributed by atoms with Crippen molar-refractivity contribution in [1.29, 1.82) is 0 Å². The molecule has 0 fully saturated rings. The summed E-state index contributed by atoms with van der Waals surface area (Å²) < 4.78 is 9.89. The molecule has 0 saturated carbocycles. The molecular formula is C24H30Cu2N2O6. The van der Waals surface area contributed by atoms with Crippen LogP contribution in [-0.4, -0.2) is 51.9 Å². The second-order valence-electron chi connectivity index (χ2n) is 6.77. The van der Waals surface area contributed by atoms with Gasteiger partial charge in [-0.25, -0.2) is 0 Å². The number of methoxy groups -OCH3 is 2. The zero-order chi connectivity index (χ0) is 23.9. The van der Waals surface area contributed by atoms with Gasteiger partial charge < -0.3 is 29.9 Å². The Morgan fingerprint density at radius 2 is 1.06 bits per heavy atom. The predicted octanol–water partition coefficient (Wildman–Crippen LogP) is 0.651. The molecule has 2 radical (unpaired) electrons. The molecule has 10 heteroatoms. The van der Waals surface area contributed by atoms with Crippen LogP contribution in [0.5, 0.6) is 23.0 Å². The fourth-order valence-electron chi connectivity index (χ4n) is 2.65. The van der Waals surface area contributed by atoms with Crippen LogP contribution in [0.1, 0.15) is 37.8 Å². The maximum atomic E-state index is 11.7. The number of hydrogen-bond acceptors (Lipinski definition) is 8. The van der Waals surface area contributed by atoms with E-state index in [1.54, 1.807) is 38.1 Å². The maximum Gasteiger partial charge on any atom is 2.00 e. The standard InChI is InChI=1S/2C12H16NO3.2Cu/c2*1-9(13-6-3-7-14)11-5-4-10(16-2)8-12(11)15;;/h2*4-5,8,15H,3,6-7H2,1-2H3;;/q2*-1;2*+2/p-2. The van der Waals surface area contributed by atoms with Crippen LogP contribution >= 0.6 is 0 Å². The number of ether oxygens (including phenoxy) is 2. The molecule has 0 bridgehead atoms. The van der Waals surface area contributed by atoms with Crippen molar-refractivity contribution in [3.63, 3.8) is 0 Å². The normalized spacial score (nSPS) is 10.9. The van der Waals surface area contributed by atoms with E-state index in [-0.39, 0.29) is 58.9 Å². The quantitative estimate of drug-likeness (QED) is 0.234. The Labute approximate surface area is 222 Å². The molecular weight excluding hydrogens is 539 g/mol. The summed E-state index contributed by atoms with van der Waals surface area (Å²) in [6.45, 7) is 4.22. The van der Waals surface area contributed by atoms with Gasteiger partial charge in [0.15, 0.2) is 0 Å². The molecule has 0 atom stereocenters. The number of benzene rings is 2. The minimum absolute atomic E-state index is 0. The zero-order valence-electron chi connectivity index (χ0n) is 19.7. The van der Waals surface area contributed by atoms with Crippen molar-refractivity contribution in [3.05, 3.63) is 47.5 Å². The van der Waals surface area contributed by atoms with Crippen molar-refractivity contribution in [2.75, 3.05) is 40.5 Å². The summed E-state index contributed by atoms with van der Waals surface area (Å²) in [5, 5.41) is 43.8. The van der Waals surface area contributed by atoms with Crippen molar-refractivity contribution >= 4 is 11.4 Å². The van der Waals surface area contributed by atoms with E-state index < -0.39 is 0 Å². The van der Waals surface area contributed by atoms with Crippen molar-refractivity contribution in [2.24, 2.45) is 9.98 Å². The number of hydrogen-bond donors (Lipinski definition) is 0.